The molecule has 100 valence electrons. The van der Waals surface area contributed by atoms with Crippen molar-refractivity contribution in [1.82, 2.24) is 5.43 Å². The van der Waals surface area contributed by atoms with E-state index >= 15 is 0 Å². The van der Waals surface area contributed by atoms with Crippen LogP contribution in [0.1, 0.15) is 16.8 Å². The predicted octanol–water partition coefficient (Wildman–Crippen LogP) is 2.47. The van der Waals surface area contributed by atoms with Gasteiger partial charge in [-0.1, -0.05) is 23.5 Å². The molecule has 1 amide bonds. The Morgan fingerprint density at radius 1 is 1.26 bits per heavy atom. The maximum Gasteiger partial charge on any atom is 0.271 e. The van der Waals surface area contributed by atoms with Crippen molar-refractivity contribution in [2.75, 3.05) is 11.5 Å². The molecule has 0 atom stereocenters. The summed E-state index contributed by atoms with van der Waals surface area (Å²) in [6, 6.07) is 5.42. The number of non-ortho nitro benzene ring substituents is 1. The third-order valence-electron chi connectivity index (χ3n) is 2.33. The van der Waals surface area contributed by atoms with E-state index in [9.17, 15) is 14.9 Å². The fraction of sp³-hybridized carbons (Fsp3) is 0.273. The molecule has 1 aliphatic heterocycles. The van der Waals surface area contributed by atoms with Gasteiger partial charge in [-0.05, 0) is 18.6 Å². The van der Waals surface area contributed by atoms with Gasteiger partial charge in [-0.15, -0.1) is 0 Å². The van der Waals surface area contributed by atoms with Gasteiger partial charge in [0.25, 0.3) is 11.6 Å². The van der Waals surface area contributed by atoms with Gasteiger partial charge in [0.05, 0.1) is 4.92 Å². The van der Waals surface area contributed by atoms with Crippen LogP contribution < -0.4 is 5.43 Å². The molecule has 0 saturated carbocycles. The molecule has 1 aromatic carbocycles. The molecule has 0 bridgehead atoms. The zero-order valence-corrected chi connectivity index (χ0v) is 11.5. The lowest BCUT2D eigenvalue weighted by Crippen LogP contribution is -2.19. The summed E-state index contributed by atoms with van der Waals surface area (Å²) in [5.74, 6) is 1.66. The molecule has 6 nitrogen and oxygen atoms in total. The Kier molecular flexibility index (Phi) is 4.80. The second kappa shape index (κ2) is 6.58. The maximum atomic E-state index is 11.8. The van der Waals surface area contributed by atoms with Crippen molar-refractivity contribution in [2.45, 2.75) is 6.42 Å². The first kappa shape index (κ1) is 13.9. The van der Waals surface area contributed by atoms with Crippen LogP contribution in [0, 0.1) is 10.1 Å². The fourth-order valence-corrected chi connectivity index (χ4v) is 3.54. The van der Waals surface area contributed by atoms with E-state index < -0.39 is 4.92 Å². The lowest BCUT2D eigenvalue weighted by molar-refractivity contribution is -0.384. The number of hydrogen-bond donors (Lipinski definition) is 1. The number of benzene rings is 1. The van der Waals surface area contributed by atoms with Crippen LogP contribution in [0.4, 0.5) is 5.69 Å². The number of rotatable bonds is 3. The topological polar surface area (TPSA) is 84.6 Å². The van der Waals surface area contributed by atoms with Crippen molar-refractivity contribution in [3.05, 3.63) is 39.9 Å². The van der Waals surface area contributed by atoms with Crippen LogP contribution in [-0.4, -0.2) is 26.7 Å². The van der Waals surface area contributed by atoms with Crippen LogP contribution in [0.5, 0.6) is 0 Å². The summed E-state index contributed by atoms with van der Waals surface area (Å²) in [5, 5.41) is 14.5. The second-order valence-corrected chi connectivity index (χ2v) is 6.10. The van der Waals surface area contributed by atoms with Gasteiger partial charge in [0.2, 0.25) is 0 Å². The highest BCUT2D eigenvalue weighted by atomic mass is 32.2. The van der Waals surface area contributed by atoms with Gasteiger partial charge in [0, 0.05) is 29.2 Å². The molecule has 8 heteroatoms. The van der Waals surface area contributed by atoms with Crippen LogP contribution in [-0.2, 0) is 0 Å². The van der Waals surface area contributed by atoms with Crippen LogP contribution in [0.25, 0.3) is 0 Å². The highest BCUT2D eigenvalue weighted by molar-refractivity contribution is 8.39. The third kappa shape index (κ3) is 3.97. The first-order valence-corrected chi connectivity index (χ1v) is 7.52. The van der Waals surface area contributed by atoms with E-state index in [2.05, 4.69) is 10.5 Å². The Morgan fingerprint density at radius 3 is 2.47 bits per heavy atom. The average Bonchev–Trinajstić information content (AvgIpc) is 2.46. The number of hydrazone groups is 1. The smallest absolute Gasteiger partial charge is 0.267 e. The number of nitro benzene ring substituents is 1. The van der Waals surface area contributed by atoms with E-state index in [-0.39, 0.29) is 11.6 Å². The Hall–Kier alpha value is -1.54. The van der Waals surface area contributed by atoms with Gasteiger partial charge in [-0.25, -0.2) is 5.43 Å². The predicted molar refractivity (Wildman–Crippen MR) is 77.5 cm³/mol. The van der Waals surface area contributed by atoms with Crippen molar-refractivity contribution in [1.29, 1.82) is 0 Å². The normalized spacial score (nSPS) is 14.8. The van der Waals surface area contributed by atoms with Crippen molar-refractivity contribution in [3.8, 4) is 0 Å². The van der Waals surface area contributed by atoms with E-state index in [1.54, 1.807) is 23.5 Å². The third-order valence-corrected chi connectivity index (χ3v) is 4.70. The van der Waals surface area contributed by atoms with E-state index in [4.69, 9.17) is 0 Å². The molecule has 1 fully saturated rings. The van der Waals surface area contributed by atoms with Crippen molar-refractivity contribution >= 4 is 39.5 Å². The highest BCUT2D eigenvalue weighted by Crippen LogP contribution is 2.24. The number of carbonyl (C=O) groups is 1. The number of nitrogens with zero attached hydrogens (tertiary/aromatic N) is 2. The monoisotopic (exact) mass is 297 g/mol. The van der Waals surface area contributed by atoms with Crippen LogP contribution in [0.2, 0.25) is 0 Å². The highest BCUT2D eigenvalue weighted by Gasteiger charge is 2.11. The van der Waals surface area contributed by atoms with E-state index in [1.165, 1.54) is 24.3 Å². The quantitative estimate of drug-likeness (QED) is 0.684. The summed E-state index contributed by atoms with van der Waals surface area (Å²) >= 11 is 3.23. The SMILES string of the molecule is O=C(NN=C1SCCCS1)c1ccc([N+](=O)[O-])cc1. The lowest BCUT2D eigenvalue weighted by atomic mass is 10.2. The molecule has 0 spiro atoms. The Morgan fingerprint density at radius 2 is 1.89 bits per heavy atom. The first-order chi connectivity index (χ1) is 9.16. The summed E-state index contributed by atoms with van der Waals surface area (Å²) in [6.45, 7) is 0. The number of amides is 1. The summed E-state index contributed by atoms with van der Waals surface area (Å²) in [4.78, 5) is 21.8. The van der Waals surface area contributed by atoms with E-state index in [1.807, 2.05) is 0 Å². The molecule has 1 aliphatic rings. The number of carbonyl (C=O) groups excluding carboxylic acids is 1. The summed E-state index contributed by atoms with van der Waals surface area (Å²) in [6.07, 6.45) is 1.14. The number of hydrogen-bond acceptors (Lipinski definition) is 6. The summed E-state index contributed by atoms with van der Waals surface area (Å²) in [7, 11) is 0. The maximum absolute atomic E-state index is 11.8. The number of thioether (sulfide) groups is 2. The van der Waals surface area contributed by atoms with Crippen LogP contribution >= 0.6 is 23.5 Å². The largest absolute Gasteiger partial charge is 0.271 e. The van der Waals surface area contributed by atoms with Gasteiger partial charge < -0.3 is 0 Å². The van der Waals surface area contributed by atoms with Crippen molar-refractivity contribution < 1.29 is 9.72 Å². The molecule has 1 N–H and O–H groups in total. The molecule has 1 heterocycles. The van der Waals surface area contributed by atoms with Gasteiger partial charge in [0.1, 0.15) is 4.38 Å². The zero-order chi connectivity index (χ0) is 13.7. The number of nitro groups is 1. The molecule has 0 radical (unpaired) electrons. The Balaban J connectivity index is 1.97. The van der Waals surface area contributed by atoms with Gasteiger partial charge in [-0.3, -0.25) is 14.9 Å². The molecule has 19 heavy (non-hydrogen) atoms. The van der Waals surface area contributed by atoms with Gasteiger partial charge >= 0.3 is 0 Å². The van der Waals surface area contributed by atoms with Crippen LogP contribution in [0.15, 0.2) is 29.4 Å². The molecule has 0 aliphatic carbocycles. The molecule has 0 unspecified atom stereocenters. The average molecular weight is 297 g/mol. The van der Waals surface area contributed by atoms with Gasteiger partial charge in [0.15, 0.2) is 0 Å². The van der Waals surface area contributed by atoms with Crippen LogP contribution in [0.3, 0.4) is 0 Å². The lowest BCUT2D eigenvalue weighted by Gasteiger charge is -2.10. The molecular formula is C11H11N3O3S2. The van der Waals surface area contributed by atoms with E-state index in [0.717, 1.165) is 22.3 Å². The molecule has 1 aromatic rings. The molecule has 2 rings (SSSR count). The summed E-state index contributed by atoms with van der Waals surface area (Å²) in [5.41, 5.74) is 2.76. The second-order valence-electron chi connectivity index (χ2n) is 3.67. The first-order valence-electron chi connectivity index (χ1n) is 5.55. The van der Waals surface area contributed by atoms with E-state index in [0.29, 0.717) is 5.56 Å². The minimum atomic E-state index is -0.503. The van der Waals surface area contributed by atoms with Gasteiger partial charge in [-0.2, -0.15) is 5.10 Å². The van der Waals surface area contributed by atoms with Crippen molar-refractivity contribution in [2.24, 2.45) is 5.10 Å². The minimum absolute atomic E-state index is 0.0405. The summed E-state index contributed by atoms with van der Waals surface area (Å²) < 4.78 is 0.849. The standard InChI is InChI=1S/C11H11N3O3S2/c15-10(12-13-11-18-6-1-7-19-11)8-2-4-9(5-3-8)14(16)17/h2-5H,1,6-7H2,(H,12,15). The zero-order valence-electron chi connectivity index (χ0n) is 9.87. The number of nitrogens with one attached hydrogen (secondary N) is 1. The Bertz CT molecular complexity index is 508. The molecule has 0 aromatic heterocycles. The molecular weight excluding hydrogens is 286 g/mol. The molecule has 1 saturated heterocycles. The van der Waals surface area contributed by atoms with Crippen molar-refractivity contribution in [3.63, 3.8) is 0 Å². The Labute approximate surface area is 118 Å². The fourth-order valence-electron chi connectivity index (χ4n) is 1.38. The minimum Gasteiger partial charge on any atom is -0.267 e.